The van der Waals surface area contributed by atoms with Gasteiger partial charge in [-0.15, -0.1) is 0 Å². The second-order valence-corrected chi connectivity index (χ2v) is 6.68. The number of amides is 2. The molecular weight excluding hydrogens is 252 g/mol. The highest BCUT2D eigenvalue weighted by Gasteiger charge is 2.38. The van der Waals surface area contributed by atoms with E-state index in [9.17, 15) is 9.59 Å². The number of nitrogens with zero attached hydrogens (tertiary/aromatic N) is 1. The molecule has 1 N–H and O–H groups in total. The largest absolute Gasteiger partial charge is 0.355 e. The van der Waals surface area contributed by atoms with Gasteiger partial charge in [-0.25, -0.2) is 0 Å². The minimum Gasteiger partial charge on any atom is -0.355 e. The van der Waals surface area contributed by atoms with Gasteiger partial charge in [-0.1, -0.05) is 19.3 Å². The molecule has 2 amide bonds. The van der Waals surface area contributed by atoms with Crippen LogP contribution in [0.2, 0.25) is 0 Å². The predicted octanol–water partition coefficient (Wildman–Crippen LogP) is 2.08. The lowest BCUT2D eigenvalue weighted by Crippen LogP contribution is -2.48. The van der Waals surface area contributed by atoms with Crippen LogP contribution < -0.4 is 5.32 Å². The van der Waals surface area contributed by atoms with Gasteiger partial charge in [-0.2, -0.15) is 0 Å². The van der Waals surface area contributed by atoms with Crippen molar-refractivity contribution in [3.05, 3.63) is 0 Å². The maximum absolute atomic E-state index is 12.7. The molecular formula is C16H26N2O2. The highest BCUT2D eigenvalue weighted by molar-refractivity contribution is 5.84. The third kappa shape index (κ3) is 2.84. The molecule has 3 aliphatic rings. The topological polar surface area (TPSA) is 49.4 Å². The minimum atomic E-state index is 0.0249. The van der Waals surface area contributed by atoms with E-state index >= 15 is 0 Å². The summed E-state index contributed by atoms with van der Waals surface area (Å²) in [4.78, 5) is 26.1. The van der Waals surface area contributed by atoms with E-state index in [0.29, 0.717) is 24.9 Å². The average Bonchev–Trinajstić information content (AvgIpc) is 2.97. The number of nitrogens with one attached hydrogen (secondary N) is 1. The van der Waals surface area contributed by atoms with Crippen LogP contribution in [0, 0.1) is 11.8 Å². The van der Waals surface area contributed by atoms with Gasteiger partial charge in [0.05, 0.1) is 5.92 Å². The highest BCUT2D eigenvalue weighted by Crippen LogP contribution is 2.35. The zero-order valence-electron chi connectivity index (χ0n) is 12.3. The van der Waals surface area contributed by atoms with Crippen molar-refractivity contribution in [3.63, 3.8) is 0 Å². The molecule has 0 aromatic heterocycles. The smallest absolute Gasteiger partial charge is 0.227 e. The maximum Gasteiger partial charge on any atom is 0.227 e. The lowest BCUT2D eigenvalue weighted by Gasteiger charge is -2.36. The van der Waals surface area contributed by atoms with Crippen molar-refractivity contribution in [2.45, 2.75) is 63.8 Å². The Balaban J connectivity index is 1.62. The summed E-state index contributed by atoms with van der Waals surface area (Å²) in [6, 6.07) is 0.487. The third-order valence-electron chi connectivity index (χ3n) is 5.39. The Hall–Kier alpha value is -1.06. The van der Waals surface area contributed by atoms with Crippen LogP contribution in [0.3, 0.4) is 0 Å². The number of carbonyl (C=O) groups excluding carboxylic acids is 2. The van der Waals surface area contributed by atoms with Gasteiger partial charge >= 0.3 is 0 Å². The van der Waals surface area contributed by atoms with E-state index in [1.54, 1.807) is 0 Å². The minimum absolute atomic E-state index is 0.0249. The summed E-state index contributed by atoms with van der Waals surface area (Å²) in [5.41, 5.74) is 0. The van der Waals surface area contributed by atoms with Crippen LogP contribution in [-0.2, 0) is 9.59 Å². The molecule has 1 saturated carbocycles. The third-order valence-corrected chi connectivity index (χ3v) is 5.39. The molecule has 0 aromatic carbocycles. The van der Waals surface area contributed by atoms with Crippen LogP contribution in [0.25, 0.3) is 0 Å². The number of likely N-dealkylation sites (tertiary alicyclic amines) is 1. The van der Waals surface area contributed by atoms with E-state index in [1.165, 1.54) is 38.5 Å². The molecule has 4 heteroatoms. The van der Waals surface area contributed by atoms with Crippen LogP contribution >= 0.6 is 0 Å². The van der Waals surface area contributed by atoms with Gasteiger partial charge in [-0.3, -0.25) is 9.59 Å². The SMILES string of the molecule is O=C1CC[C@@H](C(=O)N2CCC[C@@H]2C2CCCCC2)CN1. The van der Waals surface area contributed by atoms with Gasteiger partial charge in [0.2, 0.25) is 11.8 Å². The molecule has 0 radical (unpaired) electrons. The fourth-order valence-electron chi connectivity index (χ4n) is 4.25. The molecule has 0 bridgehead atoms. The van der Waals surface area contributed by atoms with E-state index in [-0.39, 0.29) is 11.8 Å². The van der Waals surface area contributed by atoms with Crippen LogP contribution in [0.5, 0.6) is 0 Å². The quantitative estimate of drug-likeness (QED) is 0.841. The Bertz CT molecular complexity index is 367. The molecule has 0 spiro atoms. The van der Waals surface area contributed by atoms with Crippen LogP contribution in [0.1, 0.15) is 57.8 Å². The highest BCUT2D eigenvalue weighted by atomic mass is 16.2. The van der Waals surface area contributed by atoms with E-state index in [0.717, 1.165) is 25.3 Å². The molecule has 0 unspecified atom stereocenters. The maximum atomic E-state index is 12.7. The summed E-state index contributed by atoms with van der Waals surface area (Å²) < 4.78 is 0. The number of carbonyl (C=O) groups is 2. The Labute approximate surface area is 121 Å². The van der Waals surface area contributed by atoms with Crippen molar-refractivity contribution in [1.82, 2.24) is 10.2 Å². The molecule has 20 heavy (non-hydrogen) atoms. The summed E-state index contributed by atoms with van der Waals surface area (Å²) in [6.07, 6.45) is 10.2. The average molecular weight is 278 g/mol. The summed E-state index contributed by atoms with van der Waals surface area (Å²) in [5, 5.41) is 2.84. The second kappa shape index (κ2) is 6.15. The van der Waals surface area contributed by atoms with Crippen molar-refractivity contribution in [1.29, 1.82) is 0 Å². The Morgan fingerprint density at radius 1 is 1.05 bits per heavy atom. The van der Waals surface area contributed by atoms with Gasteiger partial charge in [0.15, 0.2) is 0 Å². The van der Waals surface area contributed by atoms with Crippen LogP contribution in [0.15, 0.2) is 0 Å². The van der Waals surface area contributed by atoms with E-state index in [1.807, 2.05) is 0 Å². The van der Waals surface area contributed by atoms with Crippen LogP contribution in [-0.4, -0.2) is 35.8 Å². The first-order valence-corrected chi connectivity index (χ1v) is 8.33. The normalized spacial score (nSPS) is 32.2. The molecule has 1 aliphatic carbocycles. The molecule has 4 nitrogen and oxygen atoms in total. The van der Waals surface area contributed by atoms with Gasteiger partial charge in [0.25, 0.3) is 0 Å². The van der Waals surface area contributed by atoms with Gasteiger partial charge < -0.3 is 10.2 Å². The molecule has 3 fully saturated rings. The summed E-state index contributed by atoms with van der Waals surface area (Å²) >= 11 is 0. The summed E-state index contributed by atoms with van der Waals surface area (Å²) in [6.45, 7) is 1.48. The van der Waals surface area contributed by atoms with Crippen molar-refractivity contribution in [3.8, 4) is 0 Å². The van der Waals surface area contributed by atoms with Crippen molar-refractivity contribution < 1.29 is 9.59 Å². The van der Waals surface area contributed by atoms with Gasteiger partial charge in [0, 0.05) is 25.6 Å². The molecule has 2 heterocycles. The van der Waals surface area contributed by atoms with Crippen molar-refractivity contribution >= 4 is 11.8 Å². The Morgan fingerprint density at radius 3 is 2.55 bits per heavy atom. The first-order valence-electron chi connectivity index (χ1n) is 8.33. The first-order chi connectivity index (χ1) is 9.75. The fourth-order valence-corrected chi connectivity index (χ4v) is 4.25. The molecule has 3 rings (SSSR count). The van der Waals surface area contributed by atoms with Crippen LogP contribution in [0.4, 0.5) is 0 Å². The standard InChI is InChI=1S/C16H26N2O2/c19-15-9-8-13(11-17-15)16(20)18-10-4-7-14(18)12-5-2-1-3-6-12/h12-14H,1-11H2,(H,17,19)/t13-,14-/m1/s1. The molecule has 112 valence electrons. The lowest BCUT2D eigenvalue weighted by molar-refractivity contribution is -0.139. The Morgan fingerprint density at radius 2 is 1.85 bits per heavy atom. The van der Waals surface area contributed by atoms with E-state index < -0.39 is 0 Å². The van der Waals surface area contributed by atoms with E-state index in [4.69, 9.17) is 0 Å². The summed E-state index contributed by atoms with van der Waals surface area (Å²) in [7, 11) is 0. The van der Waals surface area contributed by atoms with Crippen molar-refractivity contribution in [2.75, 3.05) is 13.1 Å². The molecule has 2 saturated heterocycles. The van der Waals surface area contributed by atoms with Crippen molar-refractivity contribution in [2.24, 2.45) is 11.8 Å². The number of hydrogen-bond donors (Lipinski definition) is 1. The second-order valence-electron chi connectivity index (χ2n) is 6.68. The zero-order valence-corrected chi connectivity index (χ0v) is 12.3. The first kappa shape index (κ1) is 13.9. The van der Waals surface area contributed by atoms with Gasteiger partial charge in [0.1, 0.15) is 0 Å². The lowest BCUT2D eigenvalue weighted by atomic mass is 9.82. The van der Waals surface area contributed by atoms with E-state index in [2.05, 4.69) is 10.2 Å². The monoisotopic (exact) mass is 278 g/mol. The predicted molar refractivity (Wildman–Crippen MR) is 77.0 cm³/mol. The molecule has 0 aromatic rings. The summed E-state index contributed by atoms with van der Waals surface area (Å²) in [5.74, 6) is 1.16. The number of piperidine rings is 1. The number of hydrogen-bond acceptors (Lipinski definition) is 2. The van der Waals surface area contributed by atoms with Gasteiger partial charge in [-0.05, 0) is 38.0 Å². The molecule has 2 atom stereocenters. The molecule has 2 aliphatic heterocycles. The number of rotatable bonds is 2. The Kier molecular flexibility index (Phi) is 4.27. The fraction of sp³-hybridized carbons (Fsp3) is 0.875. The zero-order chi connectivity index (χ0) is 13.9.